The van der Waals surface area contributed by atoms with E-state index in [4.69, 9.17) is 5.73 Å². The molecule has 1 rings (SSSR count). The number of amides is 2. The first kappa shape index (κ1) is 20.3. The number of rotatable bonds is 5. The molecule has 0 saturated heterocycles. The van der Waals surface area contributed by atoms with Crippen molar-refractivity contribution in [3.05, 3.63) is 29.6 Å². The zero-order chi connectivity index (χ0) is 16.2. The summed E-state index contributed by atoms with van der Waals surface area (Å²) in [6, 6.07) is 3.24. The molecule has 7 heteroatoms. The zero-order valence-electron chi connectivity index (χ0n) is 13.2. The van der Waals surface area contributed by atoms with Crippen LogP contribution in [0.4, 0.5) is 10.1 Å². The summed E-state index contributed by atoms with van der Waals surface area (Å²) in [6.45, 7) is 3.94. The molecule has 0 radical (unpaired) electrons. The number of carbonyl (C=O) groups is 2. The molecule has 0 aliphatic rings. The molecule has 3 N–H and O–H groups in total. The Bertz CT molecular complexity index is 536. The van der Waals surface area contributed by atoms with Crippen molar-refractivity contribution in [2.24, 2.45) is 11.7 Å². The second-order valence-electron chi connectivity index (χ2n) is 5.62. The van der Waals surface area contributed by atoms with Crippen LogP contribution in [0.1, 0.15) is 30.6 Å². The summed E-state index contributed by atoms with van der Waals surface area (Å²) < 4.78 is 13.7. The average Bonchev–Trinajstić information content (AvgIpc) is 2.39. The van der Waals surface area contributed by atoms with Gasteiger partial charge in [-0.2, -0.15) is 0 Å². The van der Waals surface area contributed by atoms with Gasteiger partial charge in [0, 0.05) is 19.8 Å². The van der Waals surface area contributed by atoms with Gasteiger partial charge in [0.05, 0.1) is 11.6 Å². The number of nitrogens with two attached hydrogens (primary N) is 1. The lowest BCUT2D eigenvalue weighted by Crippen LogP contribution is -2.36. The predicted octanol–water partition coefficient (Wildman–Crippen LogP) is 2.26. The minimum Gasteiger partial charge on any atom is -0.345 e. The summed E-state index contributed by atoms with van der Waals surface area (Å²) in [6.07, 6.45) is 0.552. The van der Waals surface area contributed by atoms with E-state index < -0.39 is 17.8 Å². The van der Waals surface area contributed by atoms with E-state index in [1.807, 2.05) is 13.8 Å². The zero-order valence-corrected chi connectivity index (χ0v) is 14.0. The third-order valence-electron chi connectivity index (χ3n) is 2.93. The predicted molar refractivity (Wildman–Crippen MR) is 87.7 cm³/mol. The highest BCUT2D eigenvalue weighted by Gasteiger charge is 2.18. The van der Waals surface area contributed by atoms with Gasteiger partial charge in [0.15, 0.2) is 0 Å². The highest BCUT2D eigenvalue weighted by Crippen LogP contribution is 2.17. The Kier molecular flexibility index (Phi) is 8.05. The first-order valence-corrected chi connectivity index (χ1v) is 6.80. The van der Waals surface area contributed by atoms with Gasteiger partial charge in [-0.3, -0.25) is 9.59 Å². The molecular formula is C15H23ClFN3O2. The van der Waals surface area contributed by atoms with Crippen LogP contribution in [0.25, 0.3) is 0 Å². The Hall–Kier alpha value is -1.66. The van der Waals surface area contributed by atoms with Gasteiger partial charge in [0.1, 0.15) is 5.82 Å². The Morgan fingerprint density at radius 2 is 1.91 bits per heavy atom. The molecule has 0 aliphatic carbocycles. The Balaban J connectivity index is 0.00000441. The van der Waals surface area contributed by atoms with Gasteiger partial charge in [-0.15, -0.1) is 12.4 Å². The molecular weight excluding hydrogens is 309 g/mol. The van der Waals surface area contributed by atoms with Crippen LogP contribution < -0.4 is 11.1 Å². The number of anilines is 1. The van der Waals surface area contributed by atoms with E-state index in [2.05, 4.69) is 5.32 Å². The van der Waals surface area contributed by atoms with Crippen LogP contribution in [0.5, 0.6) is 0 Å². The van der Waals surface area contributed by atoms with Crippen LogP contribution in [-0.4, -0.2) is 36.9 Å². The molecule has 22 heavy (non-hydrogen) atoms. The van der Waals surface area contributed by atoms with Crippen LogP contribution in [0, 0.1) is 11.7 Å². The van der Waals surface area contributed by atoms with Gasteiger partial charge in [-0.05, 0) is 30.5 Å². The largest absolute Gasteiger partial charge is 0.345 e. The van der Waals surface area contributed by atoms with Crippen molar-refractivity contribution in [3.63, 3.8) is 0 Å². The van der Waals surface area contributed by atoms with Crippen LogP contribution >= 0.6 is 12.4 Å². The van der Waals surface area contributed by atoms with E-state index in [-0.39, 0.29) is 23.9 Å². The van der Waals surface area contributed by atoms with Crippen LogP contribution in [-0.2, 0) is 4.79 Å². The van der Waals surface area contributed by atoms with Gasteiger partial charge in [-0.1, -0.05) is 13.8 Å². The lowest BCUT2D eigenvalue weighted by atomic mass is 10.0. The van der Waals surface area contributed by atoms with Crippen LogP contribution in [0.2, 0.25) is 0 Å². The summed E-state index contributed by atoms with van der Waals surface area (Å²) in [5, 5.41) is 2.61. The van der Waals surface area contributed by atoms with Crippen molar-refractivity contribution in [2.45, 2.75) is 26.3 Å². The smallest absolute Gasteiger partial charge is 0.256 e. The van der Waals surface area contributed by atoms with Gasteiger partial charge < -0.3 is 16.0 Å². The normalized spacial score (nSPS) is 11.6. The molecule has 0 aromatic heterocycles. The summed E-state index contributed by atoms with van der Waals surface area (Å²) in [5.41, 5.74) is 6.05. The summed E-state index contributed by atoms with van der Waals surface area (Å²) >= 11 is 0. The molecule has 1 aromatic carbocycles. The quantitative estimate of drug-likeness (QED) is 0.869. The number of benzene rings is 1. The topological polar surface area (TPSA) is 75.4 Å². The first-order chi connectivity index (χ1) is 9.72. The minimum absolute atomic E-state index is 0. The maximum Gasteiger partial charge on any atom is 0.256 e. The number of carbonyl (C=O) groups excluding carboxylic acids is 2. The van der Waals surface area contributed by atoms with Crippen molar-refractivity contribution in [1.82, 2.24) is 4.90 Å². The summed E-state index contributed by atoms with van der Waals surface area (Å²) in [4.78, 5) is 25.0. The summed E-state index contributed by atoms with van der Waals surface area (Å²) in [5.74, 6) is -1.14. The number of nitrogens with zero attached hydrogens (tertiary/aromatic N) is 1. The molecule has 0 aliphatic heterocycles. The second kappa shape index (κ2) is 8.70. The third-order valence-corrected chi connectivity index (χ3v) is 2.93. The fraction of sp³-hybridized carbons (Fsp3) is 0.467. The van der Waals surface area contributed by atoms with E-state index >= 15 is 0 Å². The van der Waals surface area contributed by atoms with Crippen LogP contribution in [0.15, 0.2) is 18.2 Å². The van der Waals surface area contributed by atoms with Crippen LogP contribution in [0.3, 0.4) is 0 Å². The Morgan fingerprint density at radius 1 is 1.32 bits per heavy atom. The average molecular weight is 332 g/mol. The van der Waals surface area contributed by atoms with E-state index in [1.54, 1.807) is 0 Å². The first-order valence-electron chi connectivity index (χ1n) is 6.80. The molecule has 5 nitrogen and oxygen atoms in total. The molecule has 1 aromatic rings. The van der Waals surface area contributed by atoms with Crippen molar-refractivity contribution >= 4 is 29.9 Å². The monoisotopic (exact) mass is 331 g/mol. The lowest BCUT2D eigenvalue weighted by Gasteiger charge is -2.15. The molecule has 0 spiro atoms. The number of hydrogen-bond acceptors (Lipinski definition) is 3. The van der Waals surface area contributed by atoms with Gasteiger partial charge in [0.2, 0.25) is 5.91 Å². The summed E-state index contributed by atoms with van der Waals surface area (Å²) in [7, 11) is 3.07. The van der Waals surface area contributed by atoms with Crippen molar-refractivity contribution in [2.75, 3.05) is 19.4 Å². The standard InChI is InChI=1S/C15H22FN3O2.ClH/c1-9(2)7-13(17)14(20)18-10-5-6-12(16)11(8-10)15(21)19(3)4;/h5-6,8-9,13H,7,17H2,1-4H3,(H,18,20);1H/t13-;/m0./s1. The molecule has 0 unspecified atom stereocenters. The second-order valence-corrected chi connectivity index (χ2v) is 5.62. The SMILES string of the molecule is CC(C)C[C@H](N)C(=O)Nc1ccc(F)c(C(=O)N(C)C)c1.Cl. The molecule has 0 bridgehead atoms. The number of hydrogen-bond donors (Lipinski definition) is 2. The minimum atomic E-state index is -0.636. The number of nitrogens with one attached hydrogen (secondary N) is 1. The fourth-order valence-electron chi connectivity index (χ4n) is 1.86. The van der Waals surface area contributed by atoms with E-state index in [0.29, 0.717) is 18.0 Å². The fourth-order valence-corrected chi connectivity index (χ4v) is 1.86. The van der Waals surface area contributed by atoms with Gasteiger partial charge in [-0.25, -0.2) is 4.39 Å². The highest BCUT2D eigenvalue weighted by molar-refractivity contribution is 5.98. The lowest BCUT2D eigenvalue weighted by molar-refractivity contribution is -0.117. The van der Waals surface area contributed by atoms with E-state index in [9.17, 15) is 14.0 Å². The van der Waals surface area contributed by atoms with Crippen molar-refractivity contribution in [1.29, 1.82) is 0 Å². The Morgan fingerprint density at radius 3 is 2.41 bits per heavy atom. The Labute approximate surface area is 136 Å². The number of halogens is 2. The third kappa shape index (κ3) is 5.61. The maximum absolute atomic E-state index is 13.7. The molecule has 124 valence electrons. The molecule has 0 fully saturated rings. The van der Waals surface area contributed by atoms with E-state index in [1.165, 1.54) is 31.1 Å². The molecule has 2 amide bonds. The molecule has 1 atom stereocenters. The highest BCUT2D eigenvalue weighted by atomic mass is 35.5. The van der Waals surface area contributed by atoms with Crippen molar-refractivity contribution in [3.8, 4) is 0 Å². The maximum atomic E-state index is 13.7. The van der Waals surface area contributed by atoms with Crippen molar-refractivity contribution < 1.29 is 14.0 Å². The molecule has 0 heterocycles. The van der Waals surface area contributed by atoms with E-state index in [0.717, 1.165) is 6.07 Å². The molecule has 0 saturated carbocycles. The van der Waals surface area contributed by atoms with Gasteiger partial charge >= 0.3 is 0 Å². The van der Waals surface area contributed by atoms with Gasteiger partial charge in [0.25, 0.3) is 5.91 Å².